The maximum atomic E-state index is 6.26. The van der Waals surface area contributed by atoms with Crippen LogP contribution in [0.2, 0.25) is 5.02 Å². The van der Waals surface area contributed by atoms with Crippen LogP contribution in [-0.4, -0.2) is 9.78 Å². The van der Waals surface area contributed by atoms with Crippen LogP contribution < -0.4 is 17.0 Å². The summed E-state index contributed by atoms with van der Waals surface area (Å²) >= 11 is 9.71. The van der Waals surface area contributed by atoms with Gasteiger partial charge in [0.25, 0.3) is 0 Å². The number of benzene rings is 1. The van der Waals surface area contributed by atoms with Gasteiger partial charge in [-0.25, -0.2) is 5.43 Å². The van der Waals surface area contributed by atoms with E-state index in [1.54, 1.807) is 6.20 Å². The summed E-state index contributed by atoms with van der Waals surface area (Å²) in [5.41, 5.74) is 11.2. The smallest absolute Gasteiger partial charge is 0.0913 e. The van der Waals surface area contributed by atoms with E-state index in [-0.39, 0.29) is 6.04 Å². The molecule has 5 N–H and O–H groups in total. The molecular weight excluding hydrogens is 342 g/mol. The number of hydrogen-bond acceptors (Lipinski definition) is 4. The van der Waals surface area contributed by atoms with Crippen molar-refractivity contribution in [2.24, 2.45) is 5.84 Å². The predicted molar refractivity (Wildman–Crippen MR) is 85.2 cm³/mol. The van der Waals surface area contributed by atoms with Crippen molar-refractivity contribution < 1.29 is 0 Å². The number of hydrazine groups is 1. The van der Waals surface area contributed by atoms with Gasteiger partial charge >= 0.3 is 0 Å². The zero-order valence-electron chi connectivity index (χ0n) is 11.1. The van der Waals surface area contributed by atoms with Crippen molar-refractivity contribution in [1.82, 2.24) is 15.2 Å². The number of anilines is 1. The summed E-state index contributed by atoms with van der Waals surface area (Å²) in [5, 5.41) is 4.86. The molecular formula is C13H17BrClN5. The topological polar surface area (TPSA) is 81.9 Å². The molecule has 0 bridgehead atoms. The van der Waals surface area contributed by atoms with Crippen LogP contribution in [0.5, 0.6) is 0 Å². The van der Waals surface area contributed by atoms with Gasteiger partial charge in [0.2, 0.25) is 0 Å². The van der Waals surface area contributed by atoms with E-state index in [0.29, 0.717) is 10.7 Å². The van der Waals surface area contributed by atoms with Crippen LogP contribution in [-0.2, 0) is 6.54 Å². The Morgan fingerprint density at radius 3 is 2.90 bits per heavy atom. The van der Waals surface area contributed by atoms with Gasteiger partial charge in [-0.2, -0.15) is 5.10 Å². The van der Waals surface area contributed by atoms with Gasteiger partial charge in [-0.3, -0.25) is 10.5 Å². The second-order valence-electron chi connectivity index (χ2n) is 4.47. The number of nitrogens with two attached hydrogens (primary N) is 2. The molecule has 0 aliphatic carbocycles. The highest BCUT2D eigenvalue weighted by molar-refractivity contribution is 9.10. The van der Waals surface area contributed by atoms with Gasteiger partial charge in [-0.1, -0.05) is 34.5 Å². The third-order valence-electron chi connectivity index (χ3n) is 3.07. The van der Waals surface area contributed by atoms with E-state index in [2.05, 4.69) is 33.4 Å². The van der Waals surface area contributed by atoms with Crippen molar-refractivity contribution in [1.29, 1.82) is 0 Å². The van der Waals surface area contributed by atoms with E-state index in [9.17, 15) is 0 Å². The number of nitrogens with zero attached hydrogens (tertiary/aromatic N) is 2. The maximum Gasteiger partial charge on any atom is 0.0913 e. The molecule has 1 aromatic heterocycles. The van der Waals surface area contributed by atoms with Gasteiger partial charge in [0.1, 0.15) is 0 Å². The highest BCUT2D eigenvalue weighted by Gasteiger charge is 2.23. The number of halogens is 2. The monoisotopic (exact) mass is 357 g/mol. The third-order valence-corrected chi connectivity index (χ3v) is 3.85. The minimum absolute atomic E-state index is 0.311. The minimum atomic E-state index is -0.311. The fraction of sp³-hybridized carbons (Fsp3) is 0.308. The van der Waals surface area contributed by atoms with Crippen LogP contribution in [0.25, 0.3) is 0 Å². The molecule has 1 atom stereocenters. The SMILES string of the molecule is CCCn1ncc(Cl)c1C(NN)c1cc(Br)ccc1N. The Morgan fingerprint density at radius 1 is 1.50 bits per heavy atom. The van der Waals surface area contributed by atoms with E-state index in [0.717, 1.165) is 28.7 Å². The average Bonchev–Trinajstić information content (AvgIpc) is 2.77. The maximum absolute atomic E-state index is 6.26. The first-order valence-electron chi connectivity index (χ1n) is 6.30. The number of rotatable bonds is 5. The Hall–Kier alpha value is -1.08. The molecule has 0 radical (unpaired) electrons. The van der Waals surface area contributed by atoms with Crippen molar-refractivity contribution in [3.05, 3.63) is 45.1 Å². The van der Waals surface area contributed by atoms with E-state index >= 15 is 0 Å². The first kappa shape index (κ1) is 15.3. The highest BCUT2D eigenvalue weighted by Crippen LogP contribution is 2.32. The molecule has 0 saturated carbocycles. The van der Waals surface area contributed by atoms with Crippen molar-refractivity contribution in [3.63, 3.8) is 0 Å². The fourth-order valence-electron chi connectivity index (χ4n) is 2.16. The van der Waals surface area contributed by atoms with Gasteiger partial charge in [0.15, 0.2) is 0 Å². The van der Waals surface area contributed by atoms with Crippen LogP contribution >= 0.6 is 27.5 Å². The summed E-state index contributed by atoms with van der Waals surface area (Å²) in [6, 6.07) is 5.34. The number of aromatic nitrogens is 2. The Balaban J connectivity index is 2.52. The van der Waals surface area contributed by atoms with Crippen molar-refractivity contribution in [3.8, 4) is 0 Å². The Morgan fingerprint density at radius 2 is 2.25 bits per heavy atom. The summed E-state index contributed by atoms with van der Waals surface area (Å²) in [7, 11) is 0. The van der Waals surface area contributed by atoms with Crippen molar-refractivity contribution in [2.75, 3.05) is 5.73 Å². The molecule has 0 aliphatic rings. The first-order valence-corrected chi connectivity index (χ1v) is 7.47. The molecule has 0 aliphatic heterocycles. The van der Waals surface area contributed by atoms with Crippen LogP contribution in [0, 0.1) is 0 Å². The summed E-state index contributed by atoms with van der Waals surface area (Å²) in [6.45, 7) is 2.85. The normalized spacial score (nSPS) is 12.6. The quantitative estimate of drug-likeness (QED) is 0.436. The lowest BCUT2D eigenvalue weighted by atomic mass is 10.0. The molecule has 108 valence electrons. The second-order valence-corrected chi connectivity index (χ2v) is 5.80. The lowest BCUT2D eigenvalue weighted by molar-refractivity contribution is 0.521. The molecule has 0 amide bonds. The van der Waals surface area contributed by atoms with Gasteiger partial charge in [-0.05, 0) is 24.6 Å². The van der Waals surface area contributed by atoms with Crippen molar-refractivity contribution >= 4 is 33.2 Å². The van der Waals surface area contributed by atoms with Gasteiger partial charge in [-0.15, -0.1) is 0 Å². The third kappa shape index (κ3) is 2.98. The largest absolute Gasteiger partial charge is 0.398 e. The Labute approximate surface area is 131 Å². The fourth-order valence-corrected chi connectivity index (χ4v) is 2.79. The minimum Gasteiger partial charge on any atom is -0.398 e. The molecule has 7 heteroatoms. The predicted octanol–water partition coefficient (Wildman–Crippen LogP) is 2.84. The number of hydrogen-bond donors (Lipinski definition) is 3. The van der Waals surface area contributed by atoms with Crippen LogP contribution in [0.1, 0.15) is 30.6 Å². The molecule has 5 nitrogen and oxygen atoms in total. The molecule has 2 rings (SSSR count). The molecule has 1 aromatic carbocycles. The van der Waals surface area contributed by atoms with E-state index in [4.69, 9.17) is 23.2 Å². The van der Waals surface area contributed by atoms with Gasteiger partial charge in [0, 0.05) is 22.3 Å². The first-order chi connectivity index (χ1) is 9.58. The van der Waals surface area contributed by atoms with E-state index < -0.39 is 0 Å². The average molecular weight is 359 g/mol. The zero-order chi connectivity index (χ0) is 14.7. The molecule has 2 aromatic rings. The zero-order valence-corrected chi connectivity index (χ0v) is 13.4. The summed E-state index contributed by atoms with van der Waals surface area (Å²) in [5.74, 6) is 5.73. The Bertz CT molecular complexity index is 598. The molecule has 0 fully saturated rings. The molecule has 1 heterocycles. The summed E-state index contributed by atoms with van der Waals surface area (Å²) in [4.78, 5) is 0. The molecule has 0 spiro atoms. The number of aryl methyl sites for hydroxylation is 1. The van der Waals surface area contributed by atoms with Crippen LogP contribution in [0.3, 0.4) is 0 Å². The van der Waals surface area contributed by atoms with Crippen molar-refractivity contribution in [2.45, 2.75) is 25.9 Å². The Kier molecular flexibility index (Phi) is 5.04. The molecule has 20 heavy (non-hydrogen) atoms. The number of nitrogen functional groups attached to an aromatic ring is 1. The standard InChI is InChI=1S/C13H17BrClN5/c1-2-5-20-13(10(15)7-18-20)12(19-17)9-6-8(14)3-4-11(9)16/h3-4,6-7,12,19H,2,5,16-17H2,1H3. The second kappa shape index (κ2) is 6.58. The highest BCUT2D eigenvalue weighted by atomic mass is 79.9. The van der Waals surface area contributed by atoms with E-state index in [1.807, 2.05) is 22.9 Å². The lowest BCUT2D eigenvalue weighted by Gasteiger charge is -2.20. The molecule has 1 unspecified atom stereocenters. The lowest BCUT2D eigenvalue weighted by Crippen LogP contribution is -2.31. The van der Waals surface area contributed by atoms with E-state index in [1.165, 1.54) is 0 Å². The number of nitrogens with one attached hydrogen (secondary N) is 1. The van der Waals surface area contributed by atoms with Gasteiger partial charge < -0.3 is 5.73 Å². The van der Waals surface area contributed by atoms with Crippen LogP contribution in [0.4, 0.5) is 5.69 Å². The summed E-state index contributed by atoms with van der Waals surface area (Å²) in [6.07, 6.45) is 2.58. The van der Waals surface area contributed by atoms with Gasteiger partial charge in [0.05, 0.1) is 23.0 Å². The van der Waals surface area contributed by atoms with Crippen LogP contribution in [0.15, 0.2) is 28.9 Å². The summed E-state index contributed by atoms with van der Waals surface area (Å²) < 4.78 is 2.78. The molecule has 0 saturated heterocycles.